The van der Waals surface area contributed by atoms with Crippen molar-refractivity contribution in [3.8, 4) is 0 Å². The van der Waals surface area contributed by atoms with E-state index in [4.69, 9.17) is 11.6 Å². The number of benzene rings is 1. The maximum atomic E-state index is 10.8. The van der Waals surface area contributed by atoms with Crippen LogP contribution >= 0.6 is 11.6 Å². The van der Waals surface area contributed by atoms with Crippen LogP contribution in [0.4, 0.5) is 0 Å². The quantitative estimate of drug-likeness (QED) is 0.763. The zero-order valence-corrected chi connectivity index (χ0v) is 10.2. The number of rotatable bonds is 2. The Hall–Kier alpha value is -1.07. The van der Waals surface area contributed by atoms with E-state index in [0.717, 1.165) is 23.8 Å². The van der Waals surface area contributed by atoms with E-state index in [1.54, 1.807) is 6.07 Å². The number of oxime groups is 1. The van der Waals surface area contributed by atoms with E-state index >= 15 is 0 Å². The summed E-state index contributed by atoms with van der Waals surface area (Å²) in [5.41, 5.74) is 2.50. The Morgan fingerprint density at radius 2 is 2.12 bits per heavy atom. The third-order valence-electron chi connectivity index (χ3n) is 2.32. The Labute approximate surface area is 99.0 Å². The standard InChI is InChI=1S/C10H10ClNO3S/c1-16(13,14)15-12-10-6-5-7-8(10)3-2-4-9(7)11/h2-4H,5-6H2,1H3. The minimum atomic E-state index is -3.54. The van der Waals surface area contributed by atoms with E-state index in [2.05, 4.69) is 9.44 Å². The van der Waals surface area contributed by atoms with Gasteiger partial charge in [0.05, 0.1) is 12.0 Å². The molecule has 0 aliphatic heterocycles. The third-order valence-corrected chi connectivity index (χ3v) is 3.02. The molecule has 6 heteroatoms. The van der Waals surface area contributed by atoms with Gasteiger partial charge in [0, 0.05) is 10.6 Å². The Morgan fingerprint density at radius 3 is 2.81 bits per heavy atom. The van der Waals surface area contributed by atoms with Crippen LogP contribution in [0.15, 0.2) is 23.4 Å². The minimum Gasteiger partial charge on any atom is -0.268 e. The second-order valence-corrected chi connectivity index (χ2v) is 5.55. The molecular formula is C10H10ClNO3S. The van der Waals surface area contributed by atoms with Crippen LogP contribution in [0.5, 0.6) is 0 Å². The van der Waals surface area contributed by atoms with Crippen molar-refractivity contribution in [3.63, 3.8) is 0 Å². The van der Waals surface area contributed by atoms with Gasteiger partial charge < -0.3 is 0 Å². The first-order valence-corrected chi connectivity index (χ1v) is 6.90. The van der Waals surface area contributed by atoms with Crippen LogP contribution in [-0.4, -0.2) is 20.4 Å². The SMILES string of the molecule is CS(=O)(=O)ON=C1CCc2c(Cl)cccc21. The second-order valence-electron chi connectivity index (χ2n) is 3.58. The van der Waals surface area contributed by atoms with Crippen molar-refractivity contribution in [3.05, 3.63) is 34.3 Å². The molecule has 0 saturated heterocycles. The Bertz CT molecular complexity index is 551. The summed E-state index contributed by atoms with van der Waals surface area (Å²) < 4.78 is 26.1. The number of hydrogen-bond acceptors (Lipinski definition) is 4. The molecule has 16 heavy (non-hydrogen) atoms. The lowest BCUT2D eigenvalue weighted by Crippen LogP contribution is -2.02. The molecule has 0 fully saturated rings. The normalized spacial score (nSPS) is 17.5. The van der Waals surface area contributed by atoms with Gasteiger partial charge >= 0.3 is 10.1 Å². The van der Waals surface area contributed by atoms with Crippen LogP contribution in [0.2, 0.25) is 5.02 Å². The van der Waals surface area contributed by atoms with Crippen molar-refractivity contribution >= 4 is 27.4 Å². The minimum absolute atomic E-state index is 0.628. The van der Waals surface area contributed by atoms with Crippen molar-refractivity contribution in [1.82, 2.24) is 0 Å². The molecule has 0 atom stereocenters. The van der Waals surface area contributed by atoms with Gasteiger partial charge in [0.25, 0.3) is 0 Å². The number of fused-ring (bicyclic) bond motifs is 1. The molecule has 0 heterocycles. The molecule has 1 aliphatic carbocycles. The third kappa shape index (κ3) is 2.36. The molecule has 1 aliphatic rings. The predicted octanol–water partition coefficient (Wildman–Crippen LogP) is 1.97. The molecule has 1 aromatic carbocycles. The van der Waals surface area contributed by atoms with Gasteiger partial charge in [-0.05, 0) is 24.5 Å². The lowest BCUT2D eigenvalue weighted by molar-refractivity contribution is 0.342. The summed E-state index contributed by atoms with van der Waals surface area (Å²) in [7, 11) is -3.54. The molecule has 86 valence electrons. The zero-order valence-electron chi connectivity index (χ0n) is 8.60. The lowest BCUT2D eigenvalue weighted by atomic mass is 10.1. The number of nitrogens with zero attached hydrogens (tertiary/aromatic N) is 1. The molecular weight excluding hydrogens is 250 g/mol. The van der Waals surface area contributed by atoms with E-state index in [0.29, 0.717) is 17.2 Å². The second kappa shape index (κ2) is 4.07. The van der Waals surface area contributed by atoms with Crippen LogP contribution in [0.3, 0.4) is 0 Å². The number of halogens is 1. The smallest absolute Gasteiger partial charge is 0.268 e. The van der Waals surface area contributed by atoms with E-state index in [1.165, 1.54) is 0 Å². The first-order chi connectivity index (χ1) is 7.47. The molecule has 0 aromatic heterocycles. The van der Waals surface area contributed by atoms with Gasteiger partial charge in [-0.3, -0.25) is 4.28 Å². The fraction of sp³-hybridized carbons (Fsp3) is 0.300. The molecule has 0 saturated carbocycles. The summed E-state index contributed by atoms with van der Waals surface area (Å²) >= 11 is 6.01. The summed E-state index contributed by atoms with van der Waals surface area (Å²) in [5.74, 6) is 0. The molecule has 0 spiro atoms. The van der Waals surface area contributed by atoms with Gasteiger partial charge in [-0.15, -0.1) is 0 Å². The molecule has 0 unspecified atom stereocenters. The molecule has 0 bridgehead atoms. The highest BCUT2D eigenvalue weighted by Gasteiger charge is 2.20. The van der Waals surface area contributed by atoms with Crippen LogP contribution in [-0.2, 0) is 20.8 Å². The Morgan fingerprint density at radius 1 is 1.38 bits per heavy atom. The van der Waals surface area contributed by atoms with E-state index in [9.17, 15) is 8.42 Å². The van der Waals surface area contributed by atoms with Crippen molar-refractivity contribution < 1.29 is 12.7 Å². The highest BCUT2D eigenvalue weighted by Crippen LogP contribution is 2.29. The lowest BCUT2D eigenvalue weighted by Gasteiger charge is -2.01. The van der Waals surface area contributed by atoms with Crippen molar-refractivity contribution in [2.75, 3.05) is 6.26 Å². The summed E-state index contributed by atoms with van der Waals surface area (Å²) in [6.45, 7) is 0. The molecule has 2 rings (SSSR count). The highest BCUT2D eigenvalue weighted by molar-refractivity contribution is 7.85. The molecule has 0 radical (unpaired) electrons. The van der Waals surface area contributed by atoms with Crippen LogP contribution in [0, 0.1) is 0 Å². The fourth-order valence-electron chi connectivity index (χ4n) is 1.67. The molecule has 1 aromatic rings. The first-order valence-electron chi connectivity index (χ1n) is 4.70. The highest BCUT2D eigenvalue weighted by atomic mass is 35.5. The maximum Gasteiger partial charge on any atom is 0.325 e. The average Bonchev–Trinajstić information content (AvgIpc) is 2.58. The topological polar surface area (TPSA) is 55.7 Å². The summed E-state index contributed by atoms with van der Waals surface area (Å²) in [4.78, 5) is 0. The average molecular weight is 260 g/mol. The van der Waals surface area contributed by atoms with Gasteiger partial charge in [-0.2, -0.15) is 8.42 Å². The maximum absolute atomic E-state index is 10.8. The van der Waals surface area contributed by atoms with Crippen LogP contribution in [0.25, 0.3) is 0 Å². The zero-order chi connectivity index (χ0) is 11.8. The fourth-order valence-corrected chi connectivity index (χ4v) is 2.16. The van der Waals surface area contributed by atoms with Gasteiger partial charge in [0.1, 0.15) is 0 Å². The Balaban J connectivity index is 2.34. The van der Waals surface area contributed by atoms with Crippen LogP contribution < -0.4 is 0 Å². The van der Waals surface area contributed by atoms with E-state index < -0.39 is 10.1 Å². The van der Waals surface area contributed by atoms with Crippen LogP contribution in [0.1, 0.15) is 17.5 Å². The van der Waals surface area contributed by atoms with Gasteiger partial charge in [0.15, 0.2) is 0 Å². The van der Waals surface area contributed by atoms with Crippen molar-refractivity contribution in [2.24, 2.45) is 5.16 Å². The van der Waals surface area contributed by atoms with Gasteiger partial charge in [-0.25, -0.2) is 0 Å². The first kappa shape index (κ1) is 11.4. The van der Waals surface area contributed by atoms with E-state index in [-0.39, 0.29) is 0 Å². The summed E-state index contributed by atoms with van der Waals surface area (Å²) in [6, 6.07) is 5.47. The molecule has 0 amide bonds. The summed E-state index contributed by atoms with van der Waals surface area (Å²) in [6.07, 6.45) is 2.38. The van der Waals surface area contributed by atoms with Crippen molar-refractivity contribution in [1.29, 1.82) is 0 Å². The van der Waals surface area contributed by atoms with Gasteiger partial charge in [-0.1, -0.05) is 28.9 Å². The van der Waals surface area contributed by atoms with Crippen molar-refractivity contribution in [2.45, 2.75) is 12.8 Å². The largest absolute Gasteiger partial charge is 0.325 e. The Kier molecular flexibility index (Phi) is 2.90. The van der Waals surface area contributed by atoms with E-state index in [1.807, 2.05) is 12.1 Å². The molecule has 0 N–H and O–H groups in total. The summed E-state index contributed by atoms with van der Waals surface area (Å²) in [5, 5.41) is 4.33. The monoisotopic (exact) mass is 259 g/mol. The number of hydrogen-bond donors (Lipinski definition) is 0. The predicted molar refractivity (Wildman–Crippen MR) is 62.2 cm³/mol. The van der Waals surface area contributed by atoms with Gasteiger partial charge in [0.2, 0.25) is 0 Å². The molecule has 4 nitrogen and oxygen atoms in total.